The molecule has 1 aliphatic carbocycles. The predicted molar refractivity (Wildman–Crippen MR) is 121 cm³/mol. The minimum atomic E-state index is -1.00. The number of hydrogen-bond acceptors (Lipinski definition) is 4. The number of amides is 3. The lowest BCUT2D eigenvalue weighted by atomic mass is 9.90. The number of anilines is 1. The molecule has 31 heavy (non-hydrogen) atoms. The Balaban J connectivity index is 1.25. The van der Waals surface area contributed by atoms with Crippen molar-refractivity contribution in [1.29, 1.82) is 0 Å². The second-order valence-corrected chi connectivity index (χ2v) is 9.29. The smallest absolute Gasteiger partial charge is 0.326 e. The van der Waals surface area contributed by atoms with Crippen molar-refractivity contribution in [3.63, 3.8) is 0 Å². The van der Waals surface area contributed by atoms with E-state index in [-0.39, 0.29) is 11.9 Å². The highest BCUT2D eigenvalue weighted by Crippen LogP contribution is 2.33. The summed E-state index contributed by atoms with van der Waals surface area (Å²) in [6.45, 7) is 5.34. The van der Waals surface area contributed by atoms with E-state index in [1.165, 1.54) is 16.0 Å². The Morgan fingerprint density at radius 2 is 1.77 bits per heavy atom. The molecular formula is C24H27ClN4O2. The van der Waals surface area contributed by atoms with Crippen molar-refractivity contribution < 1.29 is 9.59 Å². The van der Waals surface area contributed by atoms with Gasteiger partial charge in [0.25, 0.3) is 5.91 Å². The van der Waals surface area contributed by atoms with Crippen molar-refractivity contribution in [2.75, 3.05) is 37.7 Å². The Hall–Kier alpha value is -2.57. The second kappa shape index (κ2) is 7.84. The van der Waals surface area contributed by atoms with Crippen LogP contribution in [0.3, 0.4) is 0 Å². The molecule has 2 heterocycles. The molecule has 2 aromatic carbocycles. The number of carbonyl (C=O) groups excluding carboxylic acids is 2. The van der Waals surface area contributed by atoms with Gasteiger partial charge in [-0.15, -0.1) is 0 Å². The third-order valence-electron chi connectivity index (χ3n) is 6.84. The lowest BCUT2D eigenvalue weighted by Gasteiger charge is -2.37. The van der Waals surface area contributed by atoms with Crippen LogP contribution in [0, 0.1) is 0 Å². The van der Waals surface area contributed by atoms with Crippen LogP contribution < -0.4 is 10.2 Å². The molecule has 7 heteroatoms. The van der Waals surface area contributed by atoms with E-state index < -0.39 is 5.54 Å². The number of rotatable bonds is 4. The van der Waals surface area contributed by atoms with Gasteiger partial charge < -0.3 is 10.2 Å². The average molecular weight is 439 g/mol. The number of urea groups is 1. The van der Waals surface area contributed by atoms with Crippen LogP contribution in [0.5, 0.6) is 0 Å². The first-order valence-electron chi connectivity index (χ1n) is 10.9. The second-order valence-electron chi connectivity index (χ2n) is 8.85. The fourth-order valence-electron chi connectivity index (χ4n) is 4.92. The van der Waals surface area contributed by atoms with Crippen LogP contribution in [0.25, 0.3) is 0 Å². The predicted octanol–water partition coefficient (Wildman–Crippen LogP) is 3.38. The molecule has 0 bridgehead atoms. The average Bonchev–Trinajstić information content (AvgIpc) is 3.32. The topological polar surface area (TPSA) is 55.9 Å². The maximum absolute atomic E-state index is 13.3. The van der Waals surface area contributed by atoms with Crippen LogP contribution >= 0.6 is 11.6 Å². The minimum Gasteiger partial charge on any atom is -0.369 e. The fraction of sp³-hybridized carbons (Fsp3) is 0.417. The van der Waals surface area contributed by atoms with Crippen molar-refractivity contribution in [1.82, 2.24) is 15.1 Å². The number of piperazine rings is 1. The molecule has 6 nitrogen and oxygen atoms in total. The van der Waals surface area contributed by atoms with Gasteiger partial charge in [-0.25, -0.2) is 9.69 Å². The Morgan fingerprint density at radius 3 is 2.55 bits per heavy atom. The zero-order valence-corrected chi connectivity index (χ0v) is 18.5. The summed E-state index contributed by atoms with van der Waals surface area (Å²) in [7, 11) is 0. The Bertz CT molecular complexity index is 1030. The molecule has 0 spiro atoms. The standard InChI is InChI=1S/C24H27ClN4O2/c1-24(19-9-8-17-4-2-5-18(17)14-19)22(30)29(23(31)26-24)16-27-10-12-28(13-11-27)21-7-3-6-20(25)15-21/h3,6-9,14-15H,2,4-5,10-13,16H2,1H3,(H,26,31). The summed E-state index contributed by atoms with van der Waals surface area (Å²) >= 11 is 6.12. The zero-order valence-electron chi connectivity index (χ0n) is 17.7. The molecule has 5 rings (SSSR count). The number of benzene rings is 2. The summed E-state index contributed by atoms with van der Waals surface area (Å²) in [5.74, 6) is -0.173. The summed E-state index contributed by atoms with van der Waals surface area (Å²) in [6.07, 6.45) is 3.30. The molecular weight excluding hydrogens is 412 g/mol. The Morgan fingerprint density at radius 1 is 1.00 bits per heavy atom. The number of nitrogens with one attached hydrogen (secondary N) is 1. The molecule has 1 atom stereocenters. The molecule has 1 N–H and O–H groups in total. The van der Waals surface area contributed by atoms with Crippen molar-refractivity contribution >= 4 is 29.2 Å². The number of fused-ring (bicyclic) bond motifs is 1. The summed E-state index contributed by atoms with van der Waals surface area (Å²) in [6, 6.07) is 13.8. The highest BCUT2D eigenvalue weighted by Gasteiger charge is 2.49. The van der Waals surface area contributed by atoms with Gasteiger partial charge in [0.05, 0.1) is 6.67 Å². The van der Waals surface area contributed by atoms with Crippen molar-refractivity contribution in [3.8, 4) is 0 Å². The van der Waals surface area contributed by atoms with Gasteiger partial charge in [-0.05, 0) is 61.1 Å². The van der Waals surface area contributed by atoms with Crippen molar-refractivity contribution in [2.24, 2.45) is 0 Å². The van der Waals surface area contributed by atoms with Gasteiger partial charge in [0.15, 0.2) is 0 Å². The van der Waals surface area contributed by atoms with Gasteiger partial charge in [-0.3, -0.25) is 9.69 Å². The molecule has 1 unspecified atom stereocenters. The van der Waals surface area contributed by atoms with Crippen LogP contribution in [-0.2, 0) is 23.2 Å². The summed E-state index contributed by atoms with van der Waals surface area (Å²) in [5, 5.41) is 3.68. The molecule has 2 fully saturated rings. The monoisotopic (exact) mass is 438 g/mol. The number of nitrogens with zero attached hydrogens (tertiary/aromatic N) is 3. The minimum absolute atomic E-state index is 0.173. The van der Waals surface area contributed by atoms with Crippen molar-refractivity contribution in [3.05, 3.63) is 64.2 Å². The fourth-order valence-corrected chi connectivity index (χ4v) is 5.11. The van der Waals surface area contributed by atoms with Gasteiger partial charge >= 0.3 is 6.03 Å². The molecule has 2 aromatic rings. The zero-order chi connectivity index (χ0) is 21.6. The number of hydrogen-bond donors (Lipinski definition) is 1. The van der Waals surface area contributed by atoms with E-state index >= 15 is 0 Å². The lowest BCUT2D eigenvalue weighted by molar-refractivity contribution is -0.132. The van der Waals surface area contributed by atoms with E-state index in [2.05, 4.69) is 33.3 Å². The lowest BCUT2D eigenvalue weighted by Crippen LogP contribution is -2.51. The first kappa shape index (κ1) is 20.3. The highest BCUT2D eigenvalue weighted by atomic mass is 35.5. The molecule has 3 amide bonds. The molecule has 0 radical (unpaired) electrons. The van der Waals surface area contributed by atoms with E-state index in [1.807, 2.05) is 31.2 Å². The van der Waals surface area contributed by atoms with Crippen LogP contribution in [0.4, 0.5) is 10.5 Å². The van der Waals surface area contributed by atoms with Crippen LogP contribution in [0.2, 0.25) is 5.02 Å². The molecule has 0 saturated carbocycles. The molecule has 162 valence electrons. The van der Waals surface area contributed by atoms with Gasteiger partial charge in [0, 0.05) is 36.9 Å². The van der Waals surface area contributed by atoms with Gasteiger partial charge in [0.1, 0.15) is 5.54 Å². The molecule has 2 aliphatic heterocycles. The van der Waals surface area contributed by atoms with Crippen LogP contribution in [-0.4, -0.2) is 54.6 Å². The van der Waals surface area contributed by atoms with Crippen LogP contribution in [0.15, 0.2) is 42.5 Å². The highest BCUT2D eigenvalue weighted by molar-refractivity contribution is 6.30. The quantitative estimate of drug-likeness (QED) is 0.743. The summed E-state index contributed by atoms with van der Waals surface area (Å²) in [5.41, 5.74) is 3.64. The first-order chi connectivity index (χ1) is 14.9. The Labute approximate surface area is 187 Å². The SMILES string of the molecule is CC1(c2ccc3c(c2)CCC3)NC(=O)N(CN2CCN(c3cccc(Cl)c3)CC2)C1=O. The third-order valence-corrected chi connectivity index (χ3v) is 7.07. The van der Waals surface area contributed by atoms with E-state index in [0.29, 0.717) is 6.67 Å². The maximum Gasteiger partial charge on any atom is 0.326 e. The van der Waals surface area contributed by atoms with Gasteiger partial charge in [-0.2, -0.15) is 0 Å². The molecule has 3 aliphatic rings. The number of halogens is 1. The number of aryl methyl sites for hydroxylation is 2. The number of imide groups is 1. The normalized spacial score (nSPS) is 23.9. The summed E-state index contributed by atoms with van der Waals surface area (Å²) < 4.78 is 0. The third kappa shape index (κ3) is 3.68. The van der Waals surface area contributed by atoms with Crippen LogP contribution in [0.1, 0.15) is 30.0 Å². The Kier molecular flexibility index (Phi) is 5.15. The first-order valence-corrected chi connectivity index (χ1v) is 11.3. The molecule has 0 aromatic heterocycles. The largest absolute Gasteiger partial charge is 0.369 e. The maximum atomic E-state index is 13.3. The van der Waals surface area contributed by atoms with E-state index in [4.69, 9.17) is 11.6 Å². The van der Waals surface area contributed by atoms with Gasteiger partial charge in [0.2, 0.25) is 0 Å². The number of carbonyl (C=O) groups is 2. The van der Waals surface area contributed by atoms with Crippen molar-refractivity contribution in [2.45, 2.75) is 31.7 Å². The van der Waals surface area contributed by atoms with E-state index in [0.717, 1.165) is 61.7 Å². The summed E-state index contributed by atoms with van der Waals surface area (Å²) in [4.78, 5) is 31.9. The van der Waals surface area contributed by atoms with E-state index in [9.17, 15) is 9.59 Å². The van der Waals surface area contributed by atoms with Gasteiger partial charge in [-0.1, -0.05) is 35.9 Å². The molecule has 2 saturated heterocycles. The van der Waals surface area contributed by atoms with E-state index in [1.54, 1.807) is 0 Å².